The standard InChI is InChI=1S/C17H18N2O4/c1-22-14-5-2-4-13(9-14)19-11-12(8-16(19)20)17(21)18-10-15-6-3-7-23-15/h2-7,9,12H,8,10-11H2,1H3,(H,18,21)/t12-/m0/s1. The maximum absolute atomic E-state index is 12.2. The molecule has 0 radical (unpaired) electrons. The summed E-state index contributed by atoms with van der Waals surface area (Å²) in [7, 11) is 1.58. The van der Waals surface area contributed by atoms with E-state index in [0.29, 0.717) is 24.6 Å². The molecule has 0 aliphatic carbocycles. The van der Waals surface area contributed by atoms with Crippen molar-refractivity contribution in [1.82, 2.24) is 5.32 Å². The molecule has 1 saturated heterocycles. The van der Waals surface area contributed by atoms with Gasteiger partial charge in [-0.3, -0.25) is 9.59 Å². The molecule has 0 unspecified atom stereocenters. The van der Waals surface area contributed by atoms with Crippen LogP contribution < -0.4 is 15.0 Å². The number of hydrogen-bond donors (Lipinski definition) is 1. The molecule has 2 amide bonds. The van der Waals surface area contributed by atoms with Crippen molar-refractivity contribution in [3.63, 3.8) is 0 Å². The molecule has 3 rings (SSSR count). The molecule has 2 aromatic rings. The third-order valence-electron chi connectivity index (χ3n) is 3.88. The first-order valence-corrected chi connectivity index (χ1v) is 7.42. The Hall–Kier alpha value is -2.76. The Kier molecular flexibility index (Phi) is 4.32. The fraction of sp³-hybridized carbons (Fsp3) is 0.294. The molecule has 120 valence electrons. The van der Waals surface area contributed by atoms with Gasteiger partial charge in [0.05, 0.1) is 25.8 Å². The Morgan fingerprint density at radius 2 is 2.26 bits per heavy atom. The van der Waals surface area contributed by atoms with Gasteiger partial charge in [-0.05, 0) is 24.3 Å². The lowest BCUT2D eigenvalue weighted by molar-refractivity contribution is -0.126. The smallest absolute Gasteiger partial charge is 0.227 e. The molecule has 1 aromatic carbocycles. The molecule has 1 atom stereocenters. The number of ether oxygens (including phenoxy) is 1. The number of amides is 2. The molecule has 1 aliphatic heterocycles. The zero-order valence-corrected chi connectivity index (χ0v) is 12.8. The average molecular weight is 314 g/mol. The van der Waals surface area contributed by atoms with Gasteiger partial charge in [0.1, 0.15) is 11.5 Å². The Labute approximate surface area is 134 Å². The summed E-state index contributed by atoms with van der Waals surface area (Å²) >= 11 is 0. The largest absolute Gasteiger partial charge is 0.497 e. The summed E-state index contributed by atoms with van der Waals surface area (Å²) in [6, 6.07) is 10.8. The first-order valence-electron chi connectivity index (χ1n) is 7.42. The van der Waals surface area contributed by atoms with Crippen LogP contribution in [0.1, 0.15) is 12.2 Å². The molecule has 2 heterocycles. The summed E-state index contributed by atoms with van der Waals surface area (Å²) in [4.78, 5) is 26.1. The SMILES string of the molecule is COc1cccc(N2C[C@@H](C(=O)NCc3ccco3)CC2=O)c1. The summed E-state index contributed by atoms with van der Waals surface area (Å²) in [6.45, 7) is 0.700. The van der Waals surface area contributed by atoms with E-state index in [1.54, 1.807) is 36.5 Å². The van der Waals surface area contributed by atoms with E-state index in [2.05, 4.69) is 5.32 Å². The predicted octanol–water partition coefficient (Wildman–Crippen LogP) is 1.96. The van der Waals surface area contributed by atoms with Crippen LogP contribution in [0.4, 0.5) is 5.69 Å². The fourth-order valence-corrected chi connectivity index (χ4v) is 2.64. The zero-order valence-electron chi connectivity index (χ0n) is 12.8. The number of benzene rings is 1. The lowest BCUT2D eigenvalue weighted by Gasteiger charge is -2.17. The maximum atomic E-state index is 12.2. The minimum atomic E-state index is -0.358. The number of methoxy groups -OCH3 is 1. The van der Waals surface area contributed by atoms with Crippen LogP contribution in [-0.2, 0) is 16.1 Å². The maximum Gasteiger partial charge on any atom is 0.227 e. The van der Waals surface area contributed by atoms with Gasteiger partial charge in [0.2, 0.25) is 11.8 Å². The molecule has 0 spiro atoms. The van der Waals surface area contributed by atoms with Crippen molar-refractivity contribution in [1.29, 1.82) is 0 Å². The van der Waals surface area contributed by atoms with Crippen LogP contribution in [0.5, 0.6) is 5.75 Å². The molecular weight excluding hydrogens is 296 g/mol. The van der Waals surface area contributed by atoms with Gasteiger partial charge >= 0.3 is 0 Å². The van der Waals surface area contributed by atoms with Gasteiger partial charge < -0.3 is 19.4 Å². The minimum absolute atomic E-state index is 0.0589. The molecule has 6 nitrogen and oxygen atoms in total. The Balaban J connectivity index is 1.63. The fourth-order valence-electron chi connectivity index (χ4n) is 2.64. The second-order valence-corrected chi connectivity index (χ2v) is 5.40. The minimum Gasteiger partial charge on any atom is -0.497 e. The molecule has 0 saturated carbocycles. The Bertz CT molecular complexity index is 696. The monoisotopic (exact) mass is 314 g/mol. The Morgan fingerprint density at radius 1 is 1.39 bits per heavy atom. The van der Waals surface area contributed by atoms with E-state index in [1.165, 1.54) is 0 Å². The molecule has 1 aliphatic rings. The van der Waals surface area contributed by atoms with Crippen molar-refractivity contribution in [3.8, 4) is 5.75 Å². The van der Waals surface area contributed by atoms with Crippen LogP contribution in [0.2, 0.25) is 0 Å². The highest BCUT2D eigenvalue weighted by atomic mass is 16.5. The summed E-state index contributed by atoms with van der Waals surface area (Å²) in [5.41, 5.74) is 0.746. The van der Waals surface area contributed by atoms with Gasteiger partial charge in [-0.15, -0.1) is 0 Å². The Morgan fingerprint density at radius 3 is 3.00 bits per heavy atom. The summed E-state index contributed by atoms with van der Waals surface area (Å²) < 4.78 is 10.4. The number of furan rings is 1. The van der Waals surface area contributed by atoms with E-state index in [-0.39, 0.29) is 24.2 Å². The van der Waals surface area contributed by atoms with E-state index >= 15 is 0 Å². The van der Waals surface area contributed by atoms with E-state index < -0.39 is 0 Å². The van der Waals surface area contributed by atoms with Crippen LogP contribution in [0.25, 0.3) is 0 Å². The molecule has 23 heavy (non-hydrogen) atoms. The second-order valence-electron chi connectivity index (χ2n) is 5.40. The van der Waals surface area contributed by atoms with Crippen molar-refractivity contribution in [2.24, 2.45) is 5.92 Å². The number of rotatable bonds is 5. The van der Waals surface area contributed by atoms with E-state index in [1.807, 2.05) is 18.2 Å². The predicted molar refractivity (Wildman–Crippen MR) is 84.0 cm³/mol. The topological polar surface area (TPSA) is 71.8 Å². The van der Waals surface area contributed by atoms with Gasteiger partial charge in [0, 0.05) is 24.7 Å². The van der Waals surface area contributed by atoms with Crippen molar-refractivity contribution in [2.45, 2.75) is 13.0 Å². The number of hydrogen-bond acceptors (Lipinski definition) is 4. The highest BCUT2D eigenvalue weighted by Crippen LogP contribution is 2.27. The highest BCUT2D eigenvalue weighted by Gasteiger charge is 2.35. The molecule has 0 bridgehead atoms. The van der Waals surface area contributed by atoms with Crippen molar-refractivity contribution in [3.05, 3.63) is 48.4 Å². The van der Waals surface area contributed by atoms with Gasteiger partial charge in [-0.2, -0.15) is 0 Å². The van der Waals surface area contributed by atoms with Crippen LogP contribution in [0.15, 0.2) is 47.1 Å². The van der Waals surface area contributed by atoms with Crippen LogP contribution >= 0.6 is 0 Å². The lowest BCUT2D eigenvalue weighted by atomic mass is 10.1. The molecule has 1 aromatic heterocycles. The normalized spacial score (nSPS) is 17.3. The van der Waals surface area contributed by atoms with Crippen molar-refractivity contribution >= 4 is 17.5 Å². The molecule has 1 fully saturated rings. The summed E-state index contributed by atoms with van der Waals surface area (Å²) in [5.74, 6) is 0.813. The number of anilines is 1. The summed E-state index contributed by atoms with van der Waals surface area (Å²) in [6.07, 6.45) is 1.77. The zero-order chi connectivity index (χ0) is 16.2. The lowest BCUT2D eigenvalue weighted by Crippen LogP contribution is -2.32. The number of nitrogens with zero attached hydrogens (tertiary/aromatic N) is 1. The molecule has 6 heteroatoms. The molecule has 1 N–H and O–H groups in total. The average Bonchev–Trinajstić information content (AvgIpc) is 3.22. The summed E-state index contributed by atoms with van der Waals surface area (Å²) in [5, 5.41) is 2.81. The number of carbonyl (C=O) groups is 2. The third kappa shape index (κ3) is 3.36. The van der Waals surface area contributed by atoms with Crippen LogP contribution in [0.3, 0.4) is 0 Å². The highest BCUT2D eigenvalue weighted by molar-refractivity contribution is 6.00. The van der Waals surface area contributed by atoms with E-state index in [4.69, 9.17) is 9.15 Å². The number of carbonyl (C=O) groups excluding carboxylic acids is 2. The number of nitrogens with one attached hydrogen (secondary N) is 1. The first kappa shape index (κ1) is 15.1. The quantitative estimate of drug-likeness (QED) is 0.916. The van der Waals surface area contributed by atoms with Crippen LogP contribution in [0, 0.1) is 5.92 Å². The van der Waals surface area contributed by atoms with Gasteiger partial charge in [-0.1, -0.05) is 6.07 Å². The van der Waals surface area contributed by atoms with E-state index in [9.17, 15) is 9.59 Å². The second kappa shape index (κ2) is 6.56. The van der Waals surface area contributed by atoms with E-state index in [0.717, 1.165) is 5.69 Å². The van der Waals surface area contributed by atoms with Gasteiger partial charge in [0.15, 0.2) is 0 Å². The van der Waals surface area contributed by atoms with Gasteiger partial charge in [0.25, 0.3) is 0 Å². The van der Waals surface area contributed by atoms with Crippen molar-refractivity contribution < 1.29 is 18.7 Å². The van der Waals surface area contributed by atoms with Crippen LogP contribution in [-0.4, -0.2) is 25.5 Å². The third-order valence-corrected chi connectivity index (χ3v) is 3.88. The van der Waals surface area contributed by atoms with Crippen molar-refractivity contribution in [2.75, 3.05) is 18.6 Å². The van der Waals surface area contributed by atoms with Gasteiger partial charge in [-0.25, -0.2) is 0 Å². The first-order chi connectivity index (χ1) is 11.2. The molecular formula is C17H18N2O4.